The molecule has 0 saturated heterocycles. The van der Waals surface area contributed by atoms with Gasteiger partial charge in [0.15, 0.2) is 0 Å². The van der Waals surface area contributed by atoms with Gasteiger partial charge in [-0.25, -0.2) is 0 Å². The van der Waals surface area contributed by atoms with Crippen molar-refractivity contribution in [2.45, 2.75) is 38.1 Å². The van der Waals surface area contributed by atoms with Crippen molar-refractivity contribution in [3.8, 4) is 0 Å². The molecule has 0 atom stereocenters. The molecule has 1 aromatic rings. The van der Waals surface area contributed by atoms with Crippen molar-refractivity contribution in [3.63, 3.8) is 0 Å². The van der Waals surface area contributed by atoms with Crippen LogP contribution in [0.4, 0.5) is 5.69 Å². The van der Waals surface area contributed by atoms with Gasteiger partial charge >= 0.3 is 0 Å². The van der Waals surface area contributed by atoms with Gasteiger partial charge in [0.1, 0.15) is 0 Å². The van der Waals surface area contributed by atoms with Gasteiger partial charge in [-0.15, -0.1) is 0 Å². The Bertz CT molecular complexity index is 421. The van der Waals surface area contributed by atoms with Crippen LogP contribution >= 0.6 is 15.9 Å². The molecular weight excluding hydrogens is 292 g/mol. The number of halogens is 1. The Hall–Kier alpha value is -1.03. The van der Waals surface area contributed by atoms with Crippen LogP contribution in [0.2, 0.25) is 0 Å². The van der Waals surface area contributed by atoms with Crippen molar-refractivity contribution in [2.75, 3.05) is 12.8 Å². The lowest BCUT2D eigenvalue weighted by molar-refractivity contribution is 0.0696. The van der Waals surface area contributed by atoms with Gasteiger partial charge < -0.3 is 10.6 Å². The second-order valence-electron chi connectivity index (χ2n) is 4.98. The fraction of sp³-hybridized carbons (Fsp3) is 0.500. The summed E-state index contributed by atoms with van der Waals surface area (Å²) in [5, 5.41) is 0. The van der Waals surface area contributed by atoms with Crippen LogP contribution in [0, 0.1) is 0 Å². The Balaban J connectivity index is 2.14. The maximum atomic E-state index is 12.4. The van der Waals surface area contributed by atoms with Crippen molar-refractivity contribution in [1.29, 1.82) is 0 Å². The average Bonchev–Trinajstić information content (AvgIpc) is 2.37. The normalized spacial score (nSPS) is 16.6. The molecule has 1 aliphatic rings. The van der Waals surface area contributed by atoms with Gasteiger partial charge in [-0.05, 0) is 31.0 Å². The number of anilines is 1. The largest absolute Gasteiger partial charge is 0.399 e. The third-order valence-corrected chi connectivity index (χ3v) is 4.07. The number of hydrogen-bond acceptors (Lipinski definition) is 2. The van der Waals surface area contributed by atoms with Crippen LogP contribution in [0.5, 0.6) is 0 Å². The molecule has 98 valence electrons. The molecule has 0 radical (unpaired) electrons. The predicted molar refractivity (Wildman–Crippen MR) is 77.5 cm³/mol. The predicted octanol–water partition coefficient (Wildman–Crippen LogP) is 3.44. The standard InChI is InChI=1S/C14H19BrN2O/c1-17(13-5-3-2-4-6-13)14(18)10-7-11(15)9-12(16)8-10/h7-9,13H,2-6,16H2,1H3. The van der Waals surface area contributed by atoms with E-state index in [1.165, 1.54) is 19.3 Å². The fourth-order valence-corrected chi connectivity index (χ4v) is 3.08. The first kappa shape index (κ1) is 13.4. The summed E-state index contributed by atoms with van der Waals surface area (Å²) in [4.78, 5) is 14.3. The monoisotopic (exact) mass is 310 g/mol. The summed E-state index contributed by atoms with van der Waals surface area (Å²) in [5.74, 6) is 0.0647. The number of nitrogen functional groups attached to an aromatic ring is 1. The van der Waals surface area contributed by atoms with E-state index in [-0.39, 0.29) is 5.91 Å². The lowest BCUT2D eigenvalue weighted by Gasteiger charge is -2.31. The van der Waals surface area contributed by atoms with E-state index in [4.69, 9.17) is 5.73 Å². The van der Waals surface area contributed by atoms with Gasteiger partial charge in [-0.1, -0.05) is 35.2 Å². The molecule has 0 unspecified atom stereocenters. The SMILES string of the molecule is CN(C(=O)c1cc(N)cc(Br)c1)C1CCCCC1. The molecule has 1 aromatic carbocycles. The summed E-state index contributed by atoms with van der Waals surface area (Å²) in [6.07, 6.45) is 5.98. The van der Waals surface area contributed by atoms with E-state index in [0.717, 1.165) is 17.3 Å². The third kappa shape index (κ3) is 3.05. The lowest BCUT2D eigenvalue weighted by atomic mass is 9.94. The van der Waals surface area contributed by atoms with Crippen molar-refractivity contribution >= 4 is 27.5 Å². The summed E-state index contributed by atoms with van der Waals surface area (Å²) in [6.45, 7) is 0. The highest BCUT2D eigenvalue weighted by Crippen LogP contribution is 2.24. The summed E-state index contributed by atoms with van der Waals surface area (Å²) in [5.41, 5.74) is 7.05. The molecule has 1 fully saturated rings. The Morgan fingerprint density at radius 3 is 2.56 bits per heavy atom. The number of benzene rings is 1. The highest BCUT2D eigenvalue weighted by molar-refractivity contribution is 9.10. The van der Waals surface area contributed by atoms with Crippen LogP contribution in [0.15, 0.2) is 22.7 Å². The Morgan fingerprint density at radius 2 is 1.94 bits per heavy atom. The number of carbonyl (C=O) groups excluding carboxylic acids is 1. The van der Waals surface area contributed by atoms with Crippen molar-refractivity contribution in [2.24, 2.45) is 0 Å². The zero-order valence-electron chi connectivity index (χ0n) is 10.7. The molecule has 0 bridgehead atoms. The molecule has 2 N–H and O–H groups in total. The van der Waals surface area contributed by atoms with Crippen LogP contribution < -0.4 is 5.73 Å². The first-order chi connectivity index (χ1) is 8.58. The molecule has 1 aliphatic carbocycles. The zero-order chi connectivity index (χ0) is 13.1. The van der Waals surface area contributed by atoms with E-state index in [1.807, 2.05) is 18.0 Å². The number of nitrogens with two attached hydrogens (primary N) is 1. The van der Waals surface area contributed by atoms with Crippen LogP contribution in [-0.2, 0) is 0 Å². The number of carbonyl (C=O) groups is 1. The van der Waals surface area contributed by atoms with Crippen LogP contribution in [0.1, 0.15) is 42.5 Å². The highest BCUT2D eigenvalue weighted by Gasteiger charge is 2.23. The Kier molecular flexibility index (Phi) is 4.27. The second kappa shape index (κ2) is 5.74. The van der Waals surface area contributed by atoms with E-state index in [9.17, 15) is 4.79 Å². The first-order valence-corrected chi connectivity index (χ1v) is 7.20. The molecular formula is C14H19BrN2O. The molecule has 0 aromatic heterocycles. The summed E-state index contributed by atoms with van der Waals surface area (Å²) in [6, 6.07) is 5.76. The smallest absolute Gasteiger partial charge is 0.253 e. The van der Waals surface area contributed by atoms with Crippen LogP contribution in [0.3, 0.4) is 0 Å². The number of nitrogens with zero attached hydrogens (tertiary/aromatic N) is 1. The lowest BCUT2D eigenvalue weighted by Crippen LogP contribution is -2.38. The highest BCUT2D eigenvalue weighted by atomic mass is 79.9. The minimum Gasteiger partial charge on any atom is -0.399 e. The van der Waals surface area contributed by atoms with Gasteiger partial charge in [0.05, 0.1) is 0 Å². The zero-order valence-corrected chi connectivity index (χ0v) is 12.2. The fourth-order valence-electron chi connectivity index (χ4n) is 2.57. The maximum Gasteiger partial charge on any atom is 0.253 e. The minimum absolute atomic E-state index is 0.0647. The number of amides is 1. The Labute approximate surface area is 116 Å². The molecule has 1 amide bonds. The number of rotatable bonds is 2. The van der Waals surface area contributed by atoms with Crippen LogP contribution in [-0.4, -0.2) is 23.9 Å². The van der Waals surface area contributed by atoms with Crippen molar-refractivity contribution < 1.29 is 4.79 Å². The average molecular weight is 311 g/mol. The quantitative estimate of drug-likeness (QED) is 0.851. The molecule has 0 spiro atoms. The van der Waals surface area contributed by atoms with Gasteiger partial charge in [0.2, 0.25) is 0 Å². The minimum atomic E-state index is 0.0647. The van der Waals surface area contributed by atoms with Crippen molar-refractivity contribution in [3.05, 3.63) is 28.2 Å². The van der Waals surface area contributed by atoms with Gasteiger partial charge in [-0.3, -0.25) is 4.79 Å². The Morgan fingerprint density at radius 1 is 1.28 bits per heavy atom. The van der Waals surface area contributed by atoms with E-state index in [0.29, 0.717) is 17.3 Å². The molecule has 4 heteroatoms. The molecule has 1 saturated carbocycles. The van der Waals surface area contributed by atoms with Gasteiger partial charge in [-0.2, -0.15) is 0 Å². The molecule has 0 heterocycles. The van der Waals surface area contributed by atoms with E-state index >= 15 is 0 Å². The van der Waals surface area contributed by atoms with E-state index in [2.05, 4.69) is 15.9 Å². The van der Waals surface area contributed by atoms with Crippen LogP contribution in [0.25, 0.3) is 0 Å². The molecule has 2 rings (SSSR count). The van der Waals surface area contributed by atoms with Gasteiger partial charge in [0, 0.05) is 28.8 Å². The number of hydrogen-bond donors (Lipinski definition) is 1. The molecule has 0 aliphatic heterocycles. The molecule has 18 heavy (non-hydrogen) atoms. The molecule has 3 nitrogen and oxygen atoms in total. The first-order valence-electron chi connectivity index (χ1n) is 6.41. The third-order valence-electron chi connectivity index (χ3n) is 3.61. The van der Waals surface area contributed by atoms with E-state index < -0.39 is 0 Å². The van der Waals surface area contributed by atoms with Crippen molar-refractivity contribution in [1.82, 2.24) is 4.90 Å². The maximum absolute atomic E-state index is 12.4. The summed E-state index contributed by atoms with van der Waals surface area (Å²) >= 11 is 3.38. The van der Waals surface area contributed by atoms with E-state index in [1.54, 1.807) is 12.1 Å². The summed E-state index contributed by atoms with van der Waals surface area (Å²) in [7, 11) is 1.90. The second-order valence-corrected chi connectivity index (χ2v) is 5.90. The topological polar surface area (TPSA) is 46.3 Å². The van der Waals surface area contributed by atoms with Gasteiger partial charge in [0.25, 0.3) is 5.91 Å². The summed E-state index contributed by atoms with van der Waals surface area (Å²) < 4.78 is 0.850.